The molecule has 1 fully saturated rings. The van der Waals surface area contributed by atoms with Crippen molar-refractivity contribution >= 4 is 17.7 Å². The molecule has 0 spiro atoms. The van der Waals surface area contributed by atoms with Crippen LogP contribution in [-0.4, -0.2) is 27.4 Å². The zero-order valence-electron chi connectivity index (χ0n) is 15.1. The summed E-state index contributed by atoms with van der Waals surface area (Å²) in [5, 5.41) is 11.4. The molecule has 6 nitrogen and oxygen atoms in total. The van der Waals surface area contributed by atoms with Crippen molar-refractivity contribution in [3.05, 3.63) is 18.1 Å². The normalized spacial score (nSPS) is 24.9. The van der Waals surface area contributed by atoms with Gasteiger partial charge in [-0.3, -0.25) is 4.79 Å². The predicted molar refractivity (Wildman–Crippen MR) is 96.2 cm³/mol. The zero-order valence-corrected chi connectivity index (χ0v) is 15.9. The van der Waals surface area contributed by atoms with Crippen LogP contribution in [0.4, 0.5) is 0 Å². The average molecular weight is 363 g/mol. The first-order chi connectivity index (χ1) is 12.0. The first-order valence-corrected chi connectivity index (χ1v) is 9.68. The van der Waals surface area contributed by atoms with Crippen molar-refractivity contribution in [1.29, 1.82) is 0 Å². The molecule has 0 saturated heterocycles. The lowest BCUT2D eigenvalue weighted by atomic mass is 9.78. The van der Waals surface area contributed by atoms with Crippen LogP contribution >= 0.6 is 11.8 Å². The number of amides is 1. The number of hydrogen-bond donors (Lipinski definition) is 1. The Morgan fingerprint density at radius 2 is 2.16 bits per heavy atom. The van der Waals surface area contributed by atoms with Gasteiger partial charge in [-0.1, -0.05) is 38.5 Å². The molecule has 1 aliphatic carbocycles. The summed E-state index contributed by atoms with van der Waals surface area (Å²) in [6.07, 6.45) is 5.06. The summed E-state index contributed by atoms with van der Waals surface area (Å²) in [6.45, 7) is 8.20. The fraction of sp³-hybridized carbons (Fsp3) is 0.611. The third kappa shape index (κ3) is 4.08. The van der Waals surface area contributed by atoms with Crippen molar-refractivity contribution in [2.75, 3.05) is 0 Å². The number of carbonyl (C=O) groups is 1. The number of rotatable bonds is 5. The first-order valence-electron chi connectivity index (χ1n) is 8.80. The van der Waals surface area contributed by atoms with Gasteiger partial charge in [-0.2, -0.15) is 0 Å². The topological polar surface area (TPSA) is 81.2 Å². The Balaban J connectivity index is 1.58. The van der Waals surface area contributed by atoms with Crippen LogP contribution in [0.1, 0.15) is 45.8 Å². The number of carbonyl (C=O) groups excluding carboxylic acids is 1. The third-order valence-corrected chi connectivity index (χ3v) is 6.11. The standard InChI is InChI=1S/C18H25N3O3S/c1-10-6-5-7-15(11(10)2)19-16(22)13(4)25-18-21-20-17(24-18)14-8-9-23-12(14)3/h8-11,13,15H,5-7H2,1-4H3,(H,19,22)/t10-,11-,13-,15+/m0/s1. The molecule has 0 bridgehead atoms. The molecule has 3 rings (SSSR count). The molecule has 1 amide bonds. The minimum Gasteiger partial charge on any atom is -0.469 e. The molecule has 136 valence electrons. The van der Waals surface area contributed by atoms with Gasteiger partial charge in [0.2, 0.25) is 5.91 Å². The largest absolute Gasteiger partial charge is 0.469 e. The molecule has 0 unspecified atom stereocenters. The highest BCUT2D eigenvalue weighted by molar-refractivity contribution is 8.00. The van der Waals surface area contributed by atoms with Crippen molar-refractivity contribution < 1.29 is 13.6 Å². The van der Waals surface area contributed by atoms with E-state index in [1.54, 1.807) is 12.3 Å². The Kier molecular flexibility index (Phi) is 5.51. The number of thioether (sulfide) groups is 1. The van der Waals surface area contributed by atoms with Crippen LogP contribution in [0.2, 0.25) is 0 Å². The van der Waals surface area contributed by atoms with Crippen LogP contribution in [0, 0.1) is 18.8 Å². The Hall–Kier alpha value is -1.76. The van der Waals surface area contributed by atoms with Crippen molar-refractivity contribution in [1.82, 2.24) is 15.5 Å². The van der Waals surface area contributed by atoms with E-state index in [4.69, 9.17) is 8.83 Å². The third-order valence-electron chi connectivity index (χ3n) is 5.18. The van der Waals surface area contributed by atoms with Crippen molar-refractivity contribution in [3.63, 3.8) is 0 Å². The molecule has 4 atom stereocenters. The Morgan fingerprint density at radius 1 is 1.36 bits per heavy atom. The predicted octanol–water partition coefficient (Wildman–Crippen LogP) is 4.06. The minimum atomic E-state index is -0.289. The number of nitrogens with one attached hydrogen (secondary N) is 1. The van der Waals surface area contributed by atoms with Gasteiger partial charge in [0.05, 0.1) is 17.1 Å². The zero-order chi connectivity index (χ0) is 18.0. The van der Waals surface area contributed by atoms with Crippen LogP contribution in [0.5, 0.6) is 0 Å². The first kappa shape index (κ1) is 18.0. The maximum Gasteiger partial charge on any atom is 0.277 e. The number of hydrogen-bond acceptors (Lipinski definition) is 6. The molecule has 2 heterocycles. The summed E-state index contributed by atoms with van der Waals surface area (Å²) in [5.74, 6) is 2.32. The second-order valence-electron chi connectivity index (χ2n) is 6.91. The number of aromatic nitrogens is 2. The Morgan fingerprint density at radius 3 is 2.88 bits per heavy atom. The van der Waals surface area contributed by atoms with Gasteiger partial charge in [0.25, 0.3) is 11.1 Å². The van der Waals surface area contributed by atoms with Gasteiger partial charge in [0.1, 0.15) is 5.76 Å². The molecular formula is C18H25N3O3S. The molecule has 0 aliphatic heterocycles. The van der Waals surface area contributed by atoms with E-state index in [1.165, 1.54) is 24.6 Å². The van der Waals surface area contributed by atoms with E-state index in [0.29, 0.717) is 22.9 Å². The summed E-state index contributed by atoms with van der Waals surface area (Å²) in [5.41, 5.74) is 0.779. The minimum absolute atomic E-state index is 0.0233. The molecule has 1 N–H and O–H groups in total. The lowest BCUT2D eigenvalue weighted by molar-refractivity contribution is -0.121. The smallest absolute Gasteiger partial charge is 0.277 e. The Bertz CT molecular complexity index is 727. The summed E-state index contributed by atoms with van der Waals surface area (Å²) in [4.78, 5) is 12.5. The van der Waals surface area contributed by atoms with Gasteiger partial charge in [0.15, 0.2) is 0 Å². The van der Waals surface area contributed by atoms with Crippen LogP contribution in [-0.2, 0) is 4.79 Å². The van der Waals surface area contributed by atoms with Crippen molar-refractivity contribution in [3.8, 4) is 11.5 Å². The van der Waals surface area contributed by atoms with Gasteiger partial charge in [0, 0.05) is 6.04 Å². The van der Waals surface area contributed by atoms with Crippen LogP contribution in [0.25, 0.3) is 11.5 Å². The second kappa shape index (κ2) is 7.64. The van der Waals surface area contributed by atoms with Crippen LogP contribution in [0.15, 0.2) is 26.4 Å². The fourth-order valence-corrected chi connectivity index (χ4v) is 3.96. The monoisotopic (exact) mass is 363 g/mol. The molecule has 2 aromatic rings. The van der Waals surface area contributed by atoms with Gasteiger partial charge < -0.3 is 14.2 Å². The van der Waals surface area contributed by atoms with E-state index in [-0.39, 0.29) is 17.2 Å². The number of furan rings is 1. The van der Waals surface area contributed by atoms with Gasteiger partial charge in [-0.15, -0.1) is 10.2 Å². The summed E-state index contributed by atoms with van der Waals surface area (Å²) >= 11 is 1.28. The fourth-order valence-electron chi connectivity index (χ4n) is 3.26. The highest BCUT2D eigenvalue weighted by Gasteiger charge is 2.30. The summed E-state index contributed by atoms with van der Waals surface area (Å²) < 4.78 is 10.9. The lowest BCUT2D eigenvalue weighted by Crippen LogP contribution is -2.46. The highest BCUT2D eigenvalue weighted by atomic mass is 32.2. The number of aryl methyl sites for hydroxylation is 1. The van der Waals surface area contributed by atoms with Gasteiger partial charge >= 0.3 is 0 Å². The summed E-state index contributed by atoms with van der Waals surface area (Å²) in [7, 11) is 0. The van der Waals surface area contributed by atoms with E-state index in [1.807, 2.05) is 13.8 Å². The maximum absolute atomic E-state index is 12.5. The molecule has 2 aromatic heterocycles. The lowest BCUT2D eigenvalue weighted by Gasteiger charge is -2.35. The van der Waals surface area contributed by atoms with Crippen molar-refractivity contribution in [2.45, 2.75) is 63.5 Å². The van der Waals surface area contributed by atoms with Crippen LogP contribution in [0.3, 0.4) is 0 Å². The average Bonchev–Trinajstić information content (AvgIpc) is 3.20. The molecule has 1 aliphatic rings. The Labute approximate surface area is 152 Å². The van der Waals surface area contributed by atoms with Crippen LogP contribution < -0.4 is 5.32 Å². The van der Waals surface area contributed by atoms with E-state index in [0.717, 1.165) is 17.7 Å². The second-order valence-corrected chi connectivity index (χ2v) is 8.20. The molecule has 0 aromatic carbocycles. The van der Waals surface area contributed by atoms with E-state index in [2.05, 4.69) is 29.4 Å². The number of nitrogens with zero attached hydrogens (tertiary/aromatic N) is 2. The maximum atomic E-state index is 12.5. The molecular weight excluding hydrogens is 338 g/mol. The molecule has 7 heteroatoms. The summed E-state index contributed by atoms with van der Waals surface area (Å²) in [6, 6.07) is 2.05. The van der Waals surface area contributed by atoms with E-state index < -0.39 is 0 Å². The van der Waals surface area contributed by atoms with Gasteiger partial charge in [-0.05, 0) is 38.2 Å². The highest BCUT2D eigenvalue weighted by Crippen LogP contribution is 2.31. The molecule has 25 heavy (non-hydrogen) atoms. The molecule has 1 saturated carbocycles. The SMILES string of the molecule is Cc1occc1-c1nnc(S[C@@H](C)C(=O)N[C@@H]2CCC[C@H](C)[C@@H]2C)o1. The van der Waals surface area contributed by atoms with E-state index in [9.17, 15) is 4.79 Å². The van der Waals surface area contributed by atoms with Crippen molar-refractivity contribution in [2.24, 2.45) is 11.8 Å². The van der Waals surface area contributed by atoms with Gasteiger partial charge in [-0.25, -0.2) is 0 Å². The quantitative estimate of drug-likeness (QED) is 0.807. The molecule has 0 radical (unpaired) electrons. The van der Waals surface area contributed by atoms with E-state index >= 15 is 0 Å².